The second kappa shape index (κ2) is 4.22. The number of H-pyrrole nitrogens is 1. The molecule has 84 valence electrons. The van der Waals surface area contributed by atoms with E-state index in [2.05, 4.69) is 17.6 Å². The topological polar surface area (TPSA) is 36.1 Å². The van der Waals surface area contributed by atoms with Crippen LogP contribution in [0.4, 0.5) is 5.69 Å². The number of hydrogen-bond donors (Lipinski definition) is 2. The van der Waals surface area contributed by atoms with Crippen molar-refractivity contribution in [1.29, 1.82) is 0 Å². The number of rotatable bonds is 2. The molecular weight excluding hydrogens is 220 g/mol. The second-order valence-corrected chi connectivity index (χ2v) is 4.07. The molecule has 0 unspecified atom stereocenters. The summed E-state index contributed by atoms with van der Waals surface area (Å²) in [5.74, 6) is 0.214. The van der Waals surface area contributed by atoms with Gasteiger partial charge in [0.05, 0.1) is 11.4 Å². The molecule has 1 aromatic carbocycles. The minimum absolute atomic E-state index is 0.00353. The van der Waals surface area contributed by atoms with E-state index in [1.807, 2.05) is 31.2 Å². The summed E-state index contributed by atoms with van der Waals surface area (Å²) in [7, 11) is 1.78. The maximum Gasteiger partial charge on any atom is 0.236 e. The molecule has 0 aliphatic carbocycles. The van der Waals surface area contributed by atoms with Crippen molar-refractivity contribution in [3.8, 4) is 0 Å². The number of nitrogens with one attached hydrogen (secondary N) is 1. The third-order valence-electron chi connectivity index (χ3n) is 2.70. The Bertz CT molecular complexity index is 533. The van der Waals surface area contributed by atoms with Crippen LogP contribution in [0.25, 0.3) is 10.9 Å². The van der Waals surface area contributed by atoms with Gasteiger partial charge in [0.15, 0.2) is 0 Å². The van der Waals surface area contributed by atoms with Gasteiger partial charge < -0.3 is 9.88 Å². The molecular formula is C12H14N2OS. The number of carbonyl (C=O) groups excluding carboxylic acids is 1. The first-order valence-electron chi connectivity index (χ1n) is 5.10. The van der Waals surface area contributed by atoms with Crippen LogP contribution in [-0.4, -0.2) is 23.7 Å². The minimum atomic E-state index is -0.00353. The molecule has 2 aromatic rings. The number of nitrogens with zero attached hydrogens (tertiary/aromatic N) is 1. The lowest BCUT2D eigenvalue weighted by Gasteiger charge is -2.16. The van der Waals surface area contributed by atoms with Crippen molar-refractivity contribution >= 4 is 35.1 Å². The van der Waals surface area contributed by atoms with Gasteiger partial charge >= 0.3 is 0 Å². The lowest BCUT2D eigenvalue weighted by molar-refractivity contribution is -0.115. The molecule has 16 heavy (non-hydrogen) atoms. The number of aromatic amines is 1. The Morgan fingerprint density at radius 3 is 2.81 bits per heavy atom. The second-order valence-electron chi connectivity index (χ2n) is 3.76. The van der Waals surface area contributed by atoms with Crippen LogP contribution in [0.3, 0.4) is 0 Å². The third-order valence-corrected chi connectivity index (χ3v) is 2.97. The van der Waals surface area contributed by atoms with Crippen molar-refractivity contribution in [3.05, 3.63) is 30.0 Å². The van der Waals surface area contributed by atoms with E-state index in [0.29, 0.717) is 0 Å². The highest BCUT2D eigenvalue weighted by Crippen LogP contribution is 2.29. The van der Waals surface area contributed by atoms with Crippen molar-refractivity contribution in [2.24, 2.45) is 0 Å². The lowest BCUT2D eigenvalue weighted by Crippen LogP contribution is -2.27. The summed E-state index contributed by atoms with van der Waals surface area (Å²) in [5, 5.41) is 1.07. The molecule has 1 N–H and O–H groups in total. The Hall–Kier alpha value is -1.42. The molecule has 0 atom stereocenters. The van der Waals surface area contributed by atoms with E-state index in [1.165, 1.54) is 0 Å². The molecule has 0 spiro atoms. The molecule has 1 amide bonds. The van der Waals surface area contributed by atoms with Gasteiger partial charge in [-0.15, -0.1) is 0 Å². The van der Waals surface area contributed by atoms with Gasteiger partial charge in [0, 0.05) is 23.6 Å². The Labute approximate surface area is 99.9 Å². The molecule has 0 saturated carbocycles. The predicted octanol–water partition coefficient (Wildman–Crippen LogP) is 2.37. The highest BCUT2D eigenvalue weighted by atomic mass is 32.1. The smallest absolute Gasteiger partial charge is 0.236 e. The fraction of sp³-hybridized carbons (Fsp3) is 0.250. The average molecular weight is 234 g/mol. The van der Waals surface area contributed by atoms with Crippen molar-refractivity contribution in [1.82, 2.24) is 4.98 Å². The SMILES string of the molecule is Cc1[nH]c2ccccc2c1N(C)C(=O)CS. The number of benzene rings is 1. The van der Waals surface area contributed by atoms with Crippen molar-refractivity contribution in [3.63, 3.8) is 0 Å². The van der Waals surface area contributed by atoms with E-state index in [4.69, 9.17) is 0 Å². The number of fused-ring (bicyclic) bond motifs is 1. The highest BCUT2D eigenvalue weighted by Gasteiger charge is 2.16. The Kier molecular flexibility index (Phi) is 2.92. The minimum Gasteiger partial charge on any atom is -0.357 e. The number of amides is 1. The van der Waals surface area contributed by atoms with Crippen molar-refractivity contribution in [2.75, 3.05) is 17.7 Å². The summed E-state index contributed by atoms with van der Waals surface area (Å²) in [6.45, 7) is 1.97. The standard InChI is InChI=1S/C12H14N2OS/c1-8-12(14(2)11(15)7-16)9-5-3-4-6-10(9)13-8/h3-6,13,16H,7H2,1-2H3. The van der Waals surface area contributed by atoms with Crippen molar-refractivity contribution < 1.29 is 4.79 Å². The monoisotopic (exact) mass is 234 g/mol. The van der Waals surface area contributed by atoms with E-state index >= 15 is 0 Å². The molecule has 0 radical (unpaired) electrons. The zero-order chi connectivity index (χ0) is 11.7. The van der Waals surface area contributed by atoms with Crippen LogP contribution in [0.1, 0.15) is 5.69 Å². The molecule has 1 heterocycles. The van der Waals surface area contributed by atoms with Gasteiger partial charge in [-0.2, -0.15) is 12.6 Å². The molecule has 4 heteroatoms. The quantitative estimate of drug-likeness (QED) is 0.769. The number of para-hydroxylation sites is 1. The van der Waals surface area contributed by atoms with Crippen LogP contribution in [-0.2, 0) is 4.79 Å². The van der Waals surface area contributed by atoms with Gasteiger partial charge in [-0.05, 0) is 13.0 Å². The van der Waals surface area contributed by atoms with E-state index in [1.54, 1.807) is 11.9 Å². The van der Waals surface area contributed by atoms with Gasteiger partial charge in [0.2, 0.25) is 5.91 Å². The fourth-order valence-corrected chi connectivity index (χ4v) is 2.14. The average Bonchev–Trinajstić information content (AvgIpc) is 2.63. The van der Waals surface area contributed by atoms with Crippen LogP contribution in [0.2, 0.25) is 0 Å². The van der Waals surface area contributed by atoms with Gasteiger partial charge in [0.25, 0.3) is 0 Å². The van der Waals surface area contributed by atoms with Gasteiger partial charge in [-0.1, -0.05) is 18.2 Å². The fourth-order valence-electron chi connectivity index (χ4n) is 1.92. The zero-order valence-electron chi connectivity index (χ0n) is 9.32. The van der Waals surface area contributed by atoms with Gasteiger partial charge in [-0.25, -0.2) is 0 Å². The summed E-state index contributed by atoms with van der Waals surface area (Å²) < 4.78 is 0. The van der Waals surface area contributed by atoms with Crippen LogP contribution in [0.5, 0.6) is 0 Å². The Morgan fingerprint density at radius 2 is 2.12 bits per heavy atom. The van der Waals surface area contributed by atoms with Crippen LogP contribution in [0, 0.1) is 6.92 Å². The number of thiol groups is 1. The first-order chi connectivity index (χ1) is 7.65. The maximum absolute atomic E-state index is 11.6. The van der Waals surface area contributed by atoms with Crippen LogP contribution >= 0.6 is 12.6 Å². The molecule has 1 aromatic heterocycles. The molecule has 0 fully saturated rings. The summed E-state index contributed by atoms with van der Waals surface area (Å²) >= 11 is 4.01. The van der Waals surface area contributed by atoms with E-state index in [0.717, 1.165) is 22.3 Å². The third kappa shape index (κ3) is 1.69. The van der Waals surface area contributed by atoms with E-state index in [-0.39, 0.29) is 11.7 Å². The van der Waals surface area contributed by atoms with E-state index < -0.39 is 0 Å². The zero-order valence-corrected chi connectivity index (χ0v) is 10.2. The number of carbonyl (C=O) groups is 1. The number of aryl methyl sites for hydroxylation is 1. The maximum atomic E-state index is 11.6. The molecule has 0 aliphatic rings. The van der Waals surface area contributed by atoms with Gasteiger partial charge in [0.1, 0.15) is 0 Å². The summed E-state index contributed by atoms with van der Waals surface area (Å²) in [6, 6.07) is 7.96. The summed E-state index contributed by atoms with van der Waals surface area (Å²) in [6.07, 6.45) is 0. The molecule has 3 nitrogen and oxygen atoms in total. The number of hydrogen-bond acceptors (Lipinski definition) is 2. The normalized spacial score (nSPS) is 10.7. The van der Waals surface area contributed by atoms with Gasteiger partial charge in [-0.3, -0.25) is 4.79 Å². The van der Waals surface area contributed by atoms with Crippen LogP contribution in [0.15, 0.2) is 24.3 Å². The Morgan fingerprint density at radius 1 is 1.44 bits per heavy atom. The molecule has 0 saturated heterocycles. The molecule has 0 bridgehead atoms. The van der Waals surface area contributed by atoms with E-state index in [9.17, 15) is 4.79 Å². The highest BCUT2D eigenvalue weighted by molar-refractivity contribution is 7.81. The first kappa shape index (κ1) is 11.1. The first-order valence-corrected chi connectivity index (χ1v) is 5.73. The molecule has 2 rings (SSSR count). The van der Waals surface area contributed by atoms with Crippen molar-refractivity contribution in [2.45, 2.75) is 6.92 Å². The number of anilines is 1. The summed E-state index contributed by atoms with van der Waals surface area (Å²) in [5.41, 5.74) is 2.99. The summed E-state index contributed by atoms with van der Waals surface area (Å²) in [4.78, 5) is 16.6. The lowest BCUT2D eigenvalue weighted by atomic mass is 10.2. The largest absolute Gasteiger partial charge is 0.357 e. The Balaban J connectivity index is 2.59. The number of aromatic nitrogens is 1. The van der Waals surface area contributed by atoms with Crippen LogP contribution < -0.4 is 4.90 Å². The molecule has 0 aliphatic heterocycles. The predicted molar refractivity (Wildman–Crippen MR) is 70.3 cm³/mol.